The van der Waals surface area contributed by atoms with Crippen molar-refractivity contribution in [2.45, 2.75) is 42.7 Å². The molecule has 1 aromatic carbocycles. The van der Waals surface area contributed by atoms with E-state index in [4.69, 9.17) is 11.6 Å². The molecule has 1 aliphatic heterocycles. The zero-order chi connectivity index (χ0) is 24.7. The van der Waals surface area contributed by atoms with Gasteiger partial charge in [0.25, 0.3) is 10.0 Å². The summed E-state index contributed by atoms with van der Waals surface area (Å²) in [6.45, 7) is 2.13. The third kappa shape index (κ3) is 5.15. The van der Waals surface area contributed by atoms with Crippen molar-refractivity contribution in [3.63, 3.8) is 0 Å². The van der Waals surface area contributed by atoms with Crippen LogP contribution < -0.4 is 5.32 Å². The molecule has 182 valence electrons. The molecule has 1 amide bonds. The Labute approximate surface area is 207 Å². The first-order valence-corrected chi connectivity index (χ1v) is 13.6. The van der Waals surface area contributed by atoms with E-state index in [1.165, 1.54) is 39.9 Å². The SMILES string of the molecule is Cc1sc(-c2ccc(C(F)(F)F)cc2)nc1CNC(=O)[C@@H]1CCCN1S(=O)(=O)c1ccc(Cl)s1. The Bertz CT molecular complexity index is 1300. The number of carbonyl (C=O) groups excluding carboxylic acids is 1. The van der Waals surface area contributed by atoms with E-state index in [9.17, 15) is 26.4 Å². The van der Waals surface area contributed by atoms with E-state index in [1.807, 2.05) is 0 Å². The number of amides is 1. The molecule has 1 aliphatic rings. The number of rotatable bonds is 6. The van der Waals surface area contributed by atoms with Crippen molar-refractivity contribution in [3.8, 4) is 10.6 Å². The number of thiazole rings is 1. The largest absolute Gasteiger partial charge is 0.416 e. The second-order valence-corrected chi connectivity index (χ2v) is 12.7. The number of hydrogen-bond donors (Lipinski definition) is 1. The van der Waals surface area contributed by atoms with Gasteiger partial charge in [-0.2, -0.15) is 17.5 Å². The highest BCUT2D eigenvalue weighted by Gasteiger charge is 2.40. The van der Waals surface area contributed by atoms with Gasteiger partial charge in [0.15, 0.2) is 0 Å². The maximum Gasteiger partial charge on any atom is 0.416 e. The highest BCUT2D eigenvalue weighted by atomic mass is 35.5. The molecule has 1 atom stereocenters. The van der Waals surface area contributed by atoms with E-state index < -0.39 is 33.7 Å². The molecule has 4 rings (SSSR count). The van der Waals surface area contributed by atoms with Gasteiger partial charge < -0.3 is 5.32 Å². The van der Waals surface area contributed by atoms with Gasteiger partial charge in [0.05, 0.1) is 22.1 Å². The fraction of sp³-hybridized carbons (Fsp3) is 0.333. The minimum absolute atomic E-state index is 0.0804. The van der Waals surface area contributed by atoms with E-state index in [-0.39, 0.29) is 17.3 Å². The molecule has 0 unspecified atom stereocenters. The summed E-state index contributed by atoms with van der Waals surface area (Å²) in [6.07, 6.45) is -3.45. The van der Waals surface area contributed by atoms with E-state index in [0.717, 1.165) is 28.3 Å². The van der Waals surface area contributed by atoms with Crippen molar-refractivity contribution in [2.75, 3.05) is 6.54 Å². The number of nitrogens with zero attached hydrogens (tertiary/aromatic N) is 2. The number of hydrogen-bond acceptors (Lipinski definition) is 6. The van der Waals surface area contributed by atoms with Gasteiger partial charge in [0.1, 0.15) is 15.3 Å². The molecule has 6 nitrogen and oxygen atoms in total. The topological polar surface area (TPSA) is 79.4 Å². The quantitative estimate of drug-likeness (QED) is 0.451. The molecule has 0 bridgehead atoms. The second kappa shape index (κ2) is 9.57. The minimum Gasteiger partial charge on any atom is -0.349 e. The Kier molecular flexibility index (Phi) is 7.07. The maximum absolute atomic E-state index is 13.0. The predicted molar refractivity (Wildman–Crippen MR) is 125 cm³/mol. The van der Waals surface area contributed by atoms with Gasteiger partial charge in [-0.15, -0.1) is 22.7 Å². The summed E-state index contributed by atoms with van der Waals surface area (Å²) < 4.78 is 65.9. The molecule has 0 aliphatic carbocycles. The zero-order valence-electron chi connectivity index (χ0n) is 17.7. The van der Waals surface area contributed by atoms with Crippen molar-refractivity contribution in [1.29, 1.82) is 0 Å². The fourth-order valence-corrected chi connectivity index (χ4v) is 7.85. The van der Waals surface area contributed by atoms with Crippen LogP contribution in [0.5, 0.6) is 0 Å². The number of aryl methyl sites for hydroxylation is 1. The van der Waals surface area contributed by atoms with Crippen LogP contribution in [0.2, 0.25) is 4.34 Å². The summed E-state index contributed by atoms with van der Waals surface area (Å²) >= 11 is 8.13. The lowest BCUT2D eigenvalue weighted by Gasteiger charge is -2.22. The van der Waals surface area contributed by atoms with Crippen molar-refractivity contribution in [2.24, 2.45) is 0 Å². The van der Waals surface area contributed by atoms with Crippen LogP contribution in [0.25, 0.3) is 10.6 Å². The van der Waals surface area contributed by atoms with Crippen molar-refractivity contribution >= 4 is 50.2 Å². The van der Waals surface area contributed by atoms with Gasteiger partial charge in [-0.3, -0.25) is 4.79 Å². The number of halogens is 4. The zero-order valence-corrected chi connectivity index (χ0v) is 20.9. The van der Waals surface area contributed by atoms with Crippen LogP contribution >= 0.6 is 34.3 Å². The van der Waals surface area contributed by atoms with Gasteiger partial charge in [-0.25, -0.2) is 13.4 Å². The van der Waals surface area contributed by atoms with Crippen LogP contribution in [0.4, 0.5) is 13.2 Å². The Morgan fingerprint density at radius 2 is 1.91 bits per heavy atom. The summed E-state index contributed by atoms with van der Waals surface area (Å²) in [7, 11) is -3.84. The van der Waals surface area contributed by atoms with Gasteiger partial charge >= 0.3 is 6.18 Å². The number of sulfonamides is 1. The van der Waals surface area contributed by atoms with Crippen LogP contribution in [-0.4, -0.2) is 36.2 Å². The third-order valence-corrected chi connectivity index (χ3v) is 10.1. The van der Waals surface area contributed by atoms with Crippen molar-refractivity contribution < 1.29 is 26.4 Å². The first-order valence-electron chi connectivity index (χ1n) is 10.2. The highest BCUT2D eigenvalue weighted by molar-refractivity contribution is 7.91. The first-order chi connectivity index (χ1) is 16.0. The van der Waals surface area contributed by atoms with Crippen LogP contribution in [0, 0.1) is 6.92 Å². The van der Waals surface area contributed by atoms with Gasteiger partial charge in [-0.05, 0) is 44.0 Å². The van der Waals surface area contributed by atoms with E-state index in [0.29, 0.717) is 33.4 Å². The summed E-state index contributed by atoms with van der Waals surface area (Å²) in [5, 5.41) is 3.30. The second-order valence-electron chi connectivity index (χ2n) is 7.65. The summed E-state index contributed by atoms with van der Waals surface area (Å²) in [5.41, 5.74) is 0.380. The molecule has 1 fully saturated rings. The van der Waals surface area contributed by atoms with E-state index in [2.05, 4.69) is 10.3 Å². The molecule has 1 saturated heterocycles. The Morgan fingerprint density at radius 1 is 1.21 bits per heavy atom. The molecule has 34 heavy (non-hydrogen) atoms. The van der Waals surface area contributed by atoms with E-state index in [1.54, 1.807) is 6.92 Å². The highest BCUT2D eigenvalue weighted by Crippen LogP contribution is 2.34. The average molecular weight is 550 g/mol. The lowest BCUT2D eigenvalue weighted by molar-refractivity contribution is -0.137. The van der Waals surface area contributed by atoms with E-state index >= 15 is 0 Å². The average Bonchev–Trinajstić information content (AvgIpc) is 3.52. The molecule has 1 N–H and O–H groups in total. The normalized spacial score (nSPS) is 17.3. The summed E-state index contributed by atoms with van der Waals surface area (Å²) in [5.74, 6) is -0.424. The standard InChI is InChI=1S/C21H19ClF3N3O3S3/c1-12-15(27-20(32-12)13-4-6-14(7-5-13)21(23,24)25)11-26-19(29)16-3-2-10-28(16)34(30,31)18-9-8-17(22)33-18/h4-9,16H,2-3,10-11H2,1H3,(H,26,29)/t16-/m0/s1. The summed E-state index contributed by atoms with van der Waals surface area (Å²) in [4.78, 5) is 18.1. The molecule has 0 spiro atoms. The van der Waals surface area contributed by atoms with Gasteiger partial charge in [0.2, 0.25) is 5.91 Å². The number of nitrogens with one attached hydrogen (secondary N) is 1. The van der Waals surface area contributed by atoms with Gasteiger partial charge in [-0.1, -0.05) is 23.7 Å². The summed E-state index contributed by atoms with van der Waals surface area (Å²) in [6, 6.07) is 6.83. The van der Waals surface area contributed by atoms with Crippen LogP contribution in [0.3, 0.4) is 0 Å². The minimum atomic E-state index is -4.41. The number of carbonyl (C=O) groups is 1. The number of thiophene rings is 1. The smallest absolute Gasteiger partial charge is 0.349 e. The Morgan fingerprint density at radius 3 is 2.53 bits per heavy atom. The number of aromatic nitrogens is 1. The van der Waals surface area contributed by atoms with Crippen LogP contribution in [-0.2, 0) is 27.5 Å². The molecule has 0 saturated carbocycles. The molecular weight excluding hydrogens is 531 g/mol. The Balaban J connectivity index is 1.44. The molecular formula is C21H19ClF3N3O3S3. The Hall–Kier alpha value is -1.99. The van der Waals surface area contributed by atoms with Gasteiger partial charge in [0, 0.05) is 17.0 Å². The molecule has 2 aromatic heterocycles. The maximum atomic E-state index is 13.0. The first kappa shape index (κ1) is 25.1. The fourth-order valence-electron chi connectivity index (χ4n) is 3.65. The predicted octanol–water partition coefficient (Wildman–Crippen LogP) is 5.32. The molecule has 3 heterocycles. The van der Waals surface area contributed by atoms with Crippen molar-refractivity contribution in [1.82, 2.24) is 14.6 Å². The lowest BCUT2D eigenvalue weighted by atomic mass is 10.1. The monoisotopic (exact) mass is 549 g/mol. The number of benzene rings is 1. The molecule has 3 aromatic rings. The molecule has 0 radical (unpaired) electrons. The lowest BCUT2D eigenvalue weighted by Crippen LogP contribution is -2.45. The third-order valence-electron chi connectivity index (χ3n) is 5.40. The number of alkyl halides is 3. The van der Waals surface area contributed by atoms with Crippen molar-refractivity contribution in [3.05, 3.63) is 56.9 Å². The molecule has 13 heteroatoms. The van der Waals surface area contributed by atoms with Crippen LogP contribution in [0.15, 0.2) is 40.6 Å². The van der Waals surface area contributed by atoms with Crippen LogP contribution in [0.1, 0.15) is 29.0 Å².